The molecule has 3 unspecified atom stereocenters. The first-order valence-electron chi connectivity index (χ1n) is 6.87. The molecule has 2 aliphatic carbocycles. The average molecular weight is 252 g/mol. The molecule has 0 N–H and O–H groups in total. The van der Waals surface area contributed by atoms with Gasteiger partial charge in [0.15, 0.2) is 0 Å². The molecule has 2 rings (SSSR count). The SMILES string of the molecule is C=CC(=O)OCCOC12CC(C)CCC1C2(C)C. The molecule has 0 bridgehead atoms. The summed E-state index contributed by atoms with van der Waals surface area (Å²) in [6.07, 6.45) is 4.90. The largest absolute Gasteiger partial charge is 0.460 e. The molecule has 2 fully saturated rings. The number of carbonyl (C=O) groups is 1. The van der Waals surface area contributed by atoms with Crippen LogP contribution in [0, 0.1) is 17.3 Å². The monoisotopic (exact) mass is 252 g/mol. The van der Waals surface area contributed by atoms with E-state index in [-0.39, 0.29) is 17.0 Å². The molecule has 3 atom stereocenters. The molecule has 0 heterocycles. The molecule has 2 saturated carbocycles. The third kappa shape index (κ3) is 2.09. The third-order valence-corrected chi connectivity index (χ3v) is 4.90. The van der Waals surface area contributed by atoms with Crippen molar-refractivity contribution in [3.63, 3.8) is 0 Å². The molecule has 0 amide bonds. The topological polar surface area (TPSA) is 35.5 Å². The van der Waals surface area contributed by atoms with Crippen LogP contribution in [0.2, 0.25) is 0 Å². The van der Waals surface area contributed by atoms with Gasteiger partial charge in [0.25, 0.3) is 0 Å². The molecule has 0 saturated heterocycles. The number of ether oxygens (including phenoxy) is 2. The first-order chi connectivity index (χ1) is 8.44. The Morgan fingerprint density at radius 1 is 1.39 bits per heavy atom. The quantitative estimate of drug-likeness (QED) is 0.429. The van der Waals surface area contributed by atoms with Gasteiger partial charge < -0.3 is 9.47 Å². The second-order valence-electron chi connectivity index (χ2n) is 6.27. The maximum absolute atomic E-state index is 10.9. The summed E-state index contributed by atoms with van der Waals surface area (Å²) in [6.45, 7) is 11.1. The van der Waals surface area contributed by atoms with Gasteiger partial charge in [-0.25, -0.2) is 4.79 Å². The Kier molecular flexibility index (Phi) is 3.54. The summed E-state index contributed by atoms with van der Waals surface area (Å²) < 4.78 is 11.1. The predicted molar refractivity (Wildman–Crippen MR) is 70.1 cm³/mol. The van der Waals surface area contributed by atoms with Crippen molar-refractivity contribution in [2.24, 2.45) is 17.3 Å². The van der Waals surface area contributed by atoms with Crippen molar-refractivity contribution in [1.29, 1.82) is 0 Å². The van der Waals surface area contributed by atoms with E-state index in [0.29, 0.717) is 19.1 Å². The summed E-state index contributed by atoms with van der Waals surface area (Å²) in [7, 11) is 0. The summed E-state index contributed by atoms with van der Waals surface area (Å²) in [5.74, 6) is 1.04. The van der Waals surface area contributed by atoms with Gasteiger partial charge in [-0.15, -0.1) is 0 Å². The van der Waals surface area contributed by atoms with Crippen LogP contribution in [0.15, 0.2) is 12.7 Å². The summed E-state index contributed by atoms with van der Waals surface area (Å²) >= 11 is 0. The minimum Gasteiger partial charge on any atom is -0.460 e. The van der Waals surface area contributed by atoms with E-state index in [1.807, 2.05) is 0 Å². The van der Waals surface area contributed by atoms with Crippen molar-refractivity contribution in [2.75, 3.05) is 13.2 Å². The van der Waals surface area contributed by atoms with Gasteiger partial charge in [0.05, 0.1) is 12.2 Å². The van der Waals surface area contributed by atoms with E-state index in [1.165, 1.54) is 18.9 Å². The lowest BCUT2D eigenvalue weighted by Gasteiger charge is -2.28. The Morgan fingerprint density at radius 3 is 2.78 bits per heavy atom. The van der Waals surface area contributed by atoms with E-state index in [4.69, 9.17) is 9.47 Å². The fraction of sp³-hybridized carbons (Fsp3) is 0.800. The number of hydrogen-bond acceptors (Lipinski definition) is 3. The summed E-state index contributed by atoms with van der Waals surface area (Å²) in [4.78, 5) is 10.9. The van der Waals surface area contributed by atoms with E-state index in [0.717, 1.165) is 12.3 Å². The summed E-state index contributed by atoms with van der Waals surface area (Å²) in [5, 5.41) is 0. The zero-order chi connectivity index (χ0) is 13.4. The Balaban J connectivity index is 1.84. The van der Waals surface area contributed by atoms with Crippen LogP contribution in [0.4, 0.5) is 0 Å². The van der Waals surface area contributed by atoms with Crippen LogP contribution in [0.1, 0.15) is 40.0 Å². The molecule has 0 spiro atoms. The Labute approximate surface area is 110 Å². The molecule has 2 aliphatic rings. The van der Waals surface area contributed by atoms with Crippen molar-refractivity contribution in [2.45, 2.75) is 45.6 Å². The molecule has 0 aromatic heterocycles. The molecule has 3 nitrogen and oxygen atoms in total. The zero-order valence-corrected chi connectivity index (χ0v) is 11.7. The Morgan fingerprint density at radius 2 is 2.11 bits per heavy atom. The molecule has 3 heteroatoms. The van der Waals surface area contributed by atoms with Crippen molar-refractivity contribution < 1.29 is 14.3 Å². The van der Waals surface area contributed by atoms with Gasteiger partial charge in [0.2, 0.25) is 0 Å². The highest BCUT2D eigenvalue weighted by atomic mass is 16.6. The number of esters is 1. The fourth-order valence-electron chi connectivity index (χ4n) is 3.76. The first kappa shape index (κ1) is 13.6. The number of hydrogen-bond donors (Lipinski definition) is 0. The highest BCUT2D eigenvalue weighted by Crippen LogP contribution is 2.70. The second kappa shape index (κ2) is 4.69. The van der Waals surface area contributed by atoms with Crippen LogP contribution in [-0.2, 0) is 14.3 Å². The van der Waals surface area contributed by atoms with E-state index < -0.39 is 0 Å². The highest BCUT2D eigenvalue weighted by molar-refractivity contribution is 5.81. The fourth-order valence-corrected chi connectivity index (χ4v) is 3.76. The number of rotatable bonds is 5. The van der Waals surface area contributed by atoms with Crippen molar-refractivity contribution in [3.8, 4) is 0 Å². The predicted octanol–water partition coefficient (Wildman–Crippen LogP) is 2.95. The van der Waals surface area contributed by atoms with Gasteiger partial charge in [-0.3, -0.25) is 0 Å². The van der Waals surface area contributed by atoms with Crippen LogP contribution in [-0.4, -0.2) is 24.8 Å². The molecule has 0 radical (unpaired) electrons. The number of fused-ring (bicyclic) bond motifs is 1. The second-order valence-corrected chi connectivity index (χ2v) is 6.27. The van der Waals surface area contributed by atoms with Gasteiger partial charge in [0.1, 0.15) is 6.61 Å². The van der Waals surface area contributed by atoms with Crippen LogP contribution < -0.4 is 0 Å². The summed E-state index contributed by atoms with van der Waals surface area (Å²) in [6, 6.07) is 0. The zero-order valence-electron chi connectivity index (χ0n) is 11.7. The van der Waals surface area contributed by atoms with Gasteiger partial charge in [-0.1, -0.05) is 33.8 Å². The lowest BCUT2D eigenvalue weighted by molar-refractivity contribution is -0.141. The van der Waals surface area contributed by atoms with Crippen LogP contribution >= 0.6 is 0 Å². The Bertz CT molecular complexity index is 348. The van der Waals surface area contributed by atoms with Gasteiger partial charge in [-0.2, -0.15) is 0 Å². The van der Waals surface area contributed by atoms with Gasteiger partial charge >= 0.3 is 5.97 Å². The van der Waals surface area contributed by atoms with Gasteiger partial charge in [0, 0.05) is 6.08 Å². The van der Waals surface area contributed by atoms with Crippen molar-refractivity contribution in [3.05, 3.63) is 12.7 Å². The lowest BCUT2D eigenvalue weighted by atomic mass is 9.88. The molecular weight excluding hydrogens is 228 g/mol. The van der Waals surface area contributed by atoms with Crippen LogP contribution in [0.5, 0.6) is 0 Å². The highest BCUT2D eigenvalue weighted by Gasteiger charge is 2.72. The van der Waals surface area contributed by atoms with Crippen molar-refractivity contribution in [1.82, 2.24) is 0 Å². The minimum atomic E-state index is -0.375. The van der Waals surface area contributed by atoms with Crippen molar-refractivity contribution >= 4 is 5.97 Å². The van der Waals surface area contributed by atoms with Gasteiger partial charge in [-0.05, 0) is 30.1 Å². The third-order valence-electron chi connectivity index (χ3n) is 4.90. The maximum Gasteiger partial charge on any atom is 0.330 e. The standard InChI is InChI=1S/C15H24O3/c1-5-13(16)17-8-9-18-15-10-11(2)6-7-12(15)14(15,3)4/h5,11-12H,1,6-10H2,2-4H3. The maximum atomic E-state index is 10.9. The molecule has 102 valence electrons. The van der Waals surface area contributed by atoms with E-state index in [1.54, 1.807) is 0 Å². The van der Waals surface area contributed by atoms with Crippen LogP contribution in [0.25, 0.3) is 0 Å². The normalized spacial score (nSPS) is 36.6. The minimum absolute atomic E-state index is 0.0330. The average Bonchev–Trinajstić information content (AvgIpc) is 2.80. The molecule has 0 aromatic rings. The summed E-state index contributed by atoms with van der Waals surface area (Å²) in [5.41, 5.74) is 0.311. The van der Waals surface area contributed by atoms with E-state index >= 15 is 0 Å². The first-order valence-corrected chi connectivity index (χ1v) is 6.87. The van der Waals surface area contributed by atoms with E-state index in [2.05, 4.69) is 27.4 Å². The molecular formula is C15H24O3. The van der Waals surface area contributed by atoms with E-state index in [9.17, 15) is 4.79 Å². The Hall–Kier alpha value is -0.830. The lowest BCUT2D eigenvalue weighted by Crippen LogP contribution is -2.29. The molecule has 18 heavy (non-hydrogen) atoms. The smallest absolute Gasteiger partial charge is 0.330 e. The molecule has 0 aliphatic heterocycles. The number of carbonyl (C=O) groups excluding carboxylic acids is 1. The molecule has 0 aromatic carbocycles. The van der Waals surface area contributed by atoms with Crippen LogP contribution in [0.3, 0.4) is 0 Å².